The Morgan fingerprint density at radius 2 is 0.943 bits per heavy atom. The van der Waals surface area contributed by atoms with Gasteiger partial charge in [-0.15, -0.1) is 0 Å². The Morgan fingerprint density at radius 3 is 1.42 bits per heavy atom. The predicted molar refractivity (Wildman–Crippen MR) is 227 cm³/mol. The maximum Gasteiger partial charge on any atom is 0.306 e. The molecule has 0 radical (unpaired) electrons. The van der Waals surface area contributed by atoms with E-state index in [1.165, 1.54) is 148 Å². The number of hydrogen-bond donors (Lipinski definition) is 3. The molecule has 314 valence electrons. The summed E-state index contributed by atoms with van der Waals surface area (Å²) in [6.45, 7) is 6.42. The molecule has 0 aliphatic rings. The highest BCUT2D eigenvalue weighted by molar-refractivity contribution is 5.77. The number of carbonyl (C=O) groups is 2. The first-order valence-electron chi connectivity index (χ1n) is 23.4. The molecule has 0 aliphatic carbocycles. The van der Waals surface area contributed by atoms with E-state index < -0.39 is 18.2 Å². The molecule has 0 aromatic carbocycles. The molecule has 0 heterocycles. The van der Waals surface area contributed by atoms with E-state index in [0.29, 0.717) is 19.3 Å². The van der Waals surface area contributed by atoms with E-state index in [1.807, 2.05) is 0 Å². The van der Waals surface area contributed by atoms with Crippen LogP contribution in [-0.4, -0.2) is 46.9 Å². The van der Waals surface area contributed by atoms with Crippen molar-refractivity contribution in [3.63, 3.8) is 0 Å². The molecule has 0 spiro atoms. The van der Waals surface area contributed by atoms with Crippen molar-refractivity contribution in [1.29, 1.82) is 0 Å². The van der Waals surface area contributed by atoms with Gasteiger partial charge in [0.15, 0.2) is 0 Å². The van der Waals surface area contributed by atoms with Crippen LogP contribution in [0.25, 0.3) is 0 Å². The van der Waals surface area contributed by atoms with Crippen molar-refractivity contribution in [2.75, 3.05) is 6.61 Å². The van der Waals surface area contributed by atoms with E-state index in [0.717, 1.165) is 57.8 Å². The molecule has 0 fully saturated rings. The Morgan fingerprint density at radius 1 is 0.528 bits per heavy atom. The van der Waals surface area contributed by atoms with Gasteiger partial charge in [0.05, 0.1) is 25.2 Å². The minimum absolute atomic E-state index is 0.0805. The molecule has 0 rings (SSSR count). The Bertz CT molecular complexity index is 802. The number of amides is 1. The van der Waals surface area contributed by atoms with E-state index >= 15 is 0 Å². The van der Waals surface area contributed by atoms with Crippen LogP contribution in [0, 0.1) is 0 Å². The van der Waals surface area contributed by atoms with Gasteiger partial charge in [-0.2, -0.15) is 0 Å². The normalized spacial score (nSPS) is 13.4. The molecule has 3 atom stereocenters. The van der Waals surface area contributed by atoms with Crippen LogP contribution in [0.5, 0.6) is 0 Å². The third-order valence-corrected chi connectivity index (χ3v) is 10.8. The molecule has 0 aromatic rings. The molecule has 53 heavy (non-hydrogen) atoms. The molecule has 0 bridgehead atoms. The van der Waals surface area contributed by atoms with Crippen molar-refractivity contribution >= 4 is 11.9 Å². The van der Waals surface area contributed by atoms with E-state index in [-0.39, 0.29) is 24.9 Å². The molecule has 3 unspecified atom stereocenters. The summed E-state index contributed by atoms with van der Waals surface area (Å²) in [7, 11) is 0. The van der Waals surface area contributed by atoms with Gasteiger partial charge in [0, 0.05) is 6.42 Å². The summed E-state index contributed by atoms with van der Waals surface area (Å²) < 4.78 is 5.89. The van der Waals surface area contributed by atoms with Crippen LogP contribution in [0.4, 0.5) is 0 Å². The van der Waals surface area contributed by atoms with Gasteiger partial charge in [0.25, 0.3) is 0 Å². The second-order valence-electron chi connectivity index (χ2n) is 16.2. The molecule has 6 heteroatoms. The zero-order chi connectivity index (χ0) is 38.9. The van der Waals surface area contributed by atoms with Gasteiger partial charge >= 0.3 is 5.97 Å². The molecular weight excluding hydrogens is 659 g/mol. The second-order valence-corrected chi connectivity index (χ2v) is 16.2. The lowest BCUT2D eigenvalue weighted by Crippen LogP contribution is -2.46. The Kier molecular flexibility index (Phi) is 40.7. The van der Waals surface area contributed by atoms with Crippen LogP contribution < -0.4 is 5.32 Å². The summed E-state index contributed by atoms with van der Waals surface area (Å²) in [5, 5.41) is 23.6. The van der Waals surface area contributed by atoms with E-state index in [4.69, 9.17) is 4.74 Å². The van der Waals surface area contributed by atoms with E-state index in [9.17, 15) is 19.8 Å². The number of aliphatic hydroxyl groups is 2. The first-order valence-corrected chi connectivity index (χ1v) is 23.4. The minimum Gasteiger partial charge on any atom is -0.462 e. The molecule has 0 aromatic heterocycles. The molecule has 0 saturated carbocycles. The summed E-state index contributed by atoms with van der Waals surface area (Å²) in [5.41, 5.74) is 0. The van der Waals surface area contributed by atoms with E-state index in [2.05, 4.69) is 38.2 Å². The lowest BCUT2D eigenvalue weighted by Gasteiger charge is -2.24. The van der Waals surface area contributed by atoms with Crippen LogP contribution in [0.15, 0.2) is 12.2 Å². The smallest absolute Gasteiger partial charge is 0.306 e. The first-order chi connectivity index (χ1) is 26.0. The Hall–Kier alpha value is -1.40. The van der Waals surface area contributed by atoms with Gasteiger partial charge in [-0.1, -0.05) is 206 Å². The average molecular weight is 750 g/mol. The first kappa shape index (κ1) is 51.6. The van der Waals surface area contributed by atoms with Gasteiger partial charge in [-0.05, 0) is 44.9 Å². The zero-order valence-electron chi connectivity index (χ0n) is 35.7. The molecule has 3 N–H and O–H groups in total. The van der Waals surface area contributed by atoms with Crippen molar-refractivity contribution in [2.45, 2.75) is 270 Å². The monoisotopic (exact) mass is 750 g/mol. The SMILES string of the molecule is CCC/C=C\CCCCCCCC(=O)OC(CCCCCCCCCCCCCC)CC(=O)NC(CO)C(O)CCCCCCCCCCCCCC. The van der Waals surface area contributed by atoms with Gasteiger partial charge < -0.3 is 20.3 Å². The third kappa shape index (κ3) is 37.3. The van der Waals surface area contributed by atoms with Crippen molar-refractivity contribution in [3.05, 3.63) is 12.2 Å². The average Bonchev–Trinajstić information content (AvgIpc) is 3.15. The van der Waals surface area contributed by atoms with Gasteiger partial charge in [-0.3, -0.25) is 9.59 Å². The largest absolute Gasteiger partial charge is 0.462 e. The van der Waals surface area contributed by atoms with Crippen LogP contribution in [0.2, 0.25) is 0 Å². The fourth-order valence-electron chi connectivity index (χ4n) is 7.26. The van der Waals surface area contributed by atoms with Crippen molar-refractivity contribution in [2.24, 2.45) is 0 Å². The number of nitrogens with one attached hydrogen (secondary N) is 1. The lowest BCUT2D eigenvalue weighted by atomic mass is 10.0. The number of ether oxygens (including phenoxy) is 1. The maximum atomic E-state index is 13.1. The van der Waals surface area contributed by atoms with E-state index in [1.54, 1.807) is 0 Å². The zero-order valence-corrected chi connectivity index (χ0v) is 35.7. The van der Waals surface area contributed by atoms with Gasteiger partial charge in [0.2, 0.25) is 5.91 Å². The van der Waals surface area contributed by atoms with Gasteiger partial charge in [0.1, 0.15) is 6.10 Å². The summed E-state index contributed by atoms with van der Waals surface area (Å²) in [4.78, 5) is 25.9. The lowest BCUT2D eigenvalue weighted by molar-refractivity contribution is -0.151. The van der Waals surface area contributed by atoms with Crippen molar-refractivity contribution in [1.82, 2.24) is 5.32 Å². The Labute approximate surface area is 329 Å². The summed E-state index contributed by atoms with van der Waals surface area (Å²) in [6, 6.07) is -0.694. The van der Waals surface area contributed by atoms with Crippen LogP contribution in [0.3, 0.4) is 0 Å². The number of rotatable bonds is 42. The van der Waals surface area contributed by atoms with Crippen LogP contribution in [0.1, 0.15) is 252 Å². The number of aliphatic hydroxyl groups excluding tert-OH is 2. The van der Waals surface area contributed by atoms with Crippen molar-refractivity contribution in [3.8, 4) is 0 Å². The molecule has 1 amide bonds. The third-order valence-electron chi connectivity index (χ3n) is 10.8. The molecule has 0 saturated heterocycles. The summed E-state index contributed by atoms with van der Waals surface area (Å²) >= 11 is 0. The number of unbranched alkanes of at least 4 members (excludes halogenated alkanes) is 28. The highest BCUT2D eigenvalue weighted by Crippen LogP contribution is 2.18. The highest BCUT2D eigenvalue weighted by Gasteiger charge is 2.24. The topological polar surface area (TPSA) is 95.9 Å². The quantitative estimate of drug-likeness (QED) is 0.0328. The molecule has 0 aliphatic heterocycles. The second kappa shape index (κ2) is 41.8. The number of allylic oxidation sites excluding steroid dienone is 2. The summed E-state index contributed by atoms with van der Waals surface area (Å²) in [5.74, 6) is -0.475. The maximum absolute atomic E-state index is 13.1. The Balaban J connectivity index is 4.55. The number of esters is 1. The van der Waals surface area contributed by atoms with Crippen LogP contribution in [-0.2, 0) is 14.3 Å². The summed E-state index contributed by atoms with van der Waals surface area (Å²) in [6.07, 6.45) is 44.1. The molecular formula is C47H91NO5. The van der Waals surface area contributed by atoms with Gasteiger partial charge in [-0.25, -0.2) is 0 Å². The van der Waals surface area contributed by atoms with Crippen LogP contribution >= 0.6 is 0 Å². The fraction of sp³-hybridized carbons (Fsp3) is 0.915. The minimum atomic E-state index is -0.781. The molecule has 6 nitrogen and oxygen atoms in total. The fourth-order valence-corrected chi connectivity index (χ4v) is 7.26. The number of carbonyl (C=O) groups excluding carboxylic acids is 2. The predicted octanol–water partition coefficient (Wildman–Crippen LogP) is 13.4. The number of hydrogen-bond acceptors (Lipinski definition) is 5. The van der Waals surface area contributed by atoms with Crippen molar-refractivity contribution < 1.29 is 24.5 Å². The highest BCUT2D eigenvalue weighted by atomic mass is 16.5. The standard InChI is InChI=1S/C47H91NO5/c1-4-7-10-13-16-19-22-24-26-29-32-35-38-43(53-47(52)40-37-34-31-28-21-18-15-12-9-6-3)41-46(51)48-44(42-49)45(50)39-36-33-30-27-25-23-20-17-14-11-8-5-2/h12,15,43-45,49-50H,4-11,13-14,16-42H2,1-3H3,(H,48,51)/b15-12-.